The zero-order valence-corrected chi connectivity index (χ0v) is 7.54. The number of alkyl halides is 2. The second kappa shape index (κ2) is 3.29. The van der Waals surface area contributed by atoms with Crippen LogP contribution in [0.3, 0.4) is 0 Å². The van der Waals surface area contributed by atoms with Gasteiger partial charge in [0.25, 0.3) is 6.43 Å². The molecule has 4 heteroatoms. The SMILES string of the molecule is Cc1nc2ccccc2nc1C(F)F. The monoisotopic (exact) mass is 194 g/mol. The van der Waals surface area contributed by atoms with Gasteiger partial charge < -0.3 is 0 Å². The van der Waals surface area contributed by atoms with Gasteiger partial charge in [0, 0.05) is 0 Å². The van der Waals surface area contributed by atoms with Crippen LogP contribution in [0.1, 0.15) is 17.8 Å². The molecule has 0 aliphatic heterocycles. The summed E-state index contributed by atoms with van der Waals surface area (Å²) in [6.45, 7) is 1.54. The molecule has 2 nitrogen and oxygen atoms in total. The number of nitrogens with zero attached hydrogens (tertiary/aromatic N) is 2. The maximum absolute atomic E-state index is 12.5. The topological polar surface area (TPSA) is 25.8 Å². The molecule has 0 aliphatic carbocycles. The summed E-state index contributed by atoms with van der Waals surface area (Å²) in [5, 5.41) is 0. The molecule has 0 spiro atoms. The van der Waals surface area contributed by atoms with Crippen molar-refractivity contribution in [3.8, 4) is 0 Å². The molecule has 0 saturated carbocycles. The standard InChI is InChI=1S/C10H8F2N2/c1-6-9(10(11)12)14-8-5-3-2-4-7(8)13-6/h2-5,10H,1H3. The summed E-state index contributed by atoms with van der Waals surface area (Å²) in [6.07, 6.45) is -2.56. The fourth-order valence-electron chi connectivity index (χ4n) is 1.31. The average molecular weight is 194 g/mol. The van der Waals surface area contributed by atoms with Crippen LogP contribution in [0.15, 0.2) is 24.3 Å². The van der Waals surface area contributed by atoms with E-state index in [0.29, 0.717) is 16.7 Å². The lowest BCUT2D eigenvalue weighted by Crippen LogP contribution is -1.98. The molecule has 0 bridgehead atoms. The van der Waals surface area contributed by atoms with Crippen LogP contribution in [-0.2, 0) is 0 Å². The zero-order valence-electron chi connectivity index (χ0n) is 7.54. The molecule has 0 aliphatic rings. The third-order valence-corrected chi connectivity index (χ3v) is 1.99. The Morgan fingerprint density at radius 3 is 2.21 bits per heavy atom. The Morgan fingerprint density at radius 2 is 1.64 bits per heavy atom. The van der Waals surface area contributed by atoms with Gasteiger partial charge in [0.15, 0.2) is 0 Å². The number of para-hydroxylation sites is 2. The summed E-state index contributed by atoms with van der Waals surface area (Å²) in [5.74, 6) is 0. The second-order valence-electron chi connectivity index (χ2n) is 2.98. The van der Waals surface area contributed by atoms with Crippen molar-refractivity contribution < 1.29 is 8.78 Å². The van der Waals surface area contributed by atoms with Crippen LogP contribution in [-0.4, -0.2) is 9.97 Å². The Labute approximate surface area is 79.6 Å². The number of aryl methyl sites for hydroxylation is 1. The molecule has 1 aromatic carbocycles. The molecule has 0 saturated heterocycles. The van der Waals surface area contributed by atoms with Gasteiger partial charge in [-0.3, -0.25) is 0 Å². The third-order valence-electron chi connectivity index (χ3n) is 1.99. The van der Waals surface area contributed by atoms with Crippen molar-refractivity contribution >= 4 is 11.0 Å². The van der Waals surface area contributed by atoms with Crippen molar-refractivity contribution in [3.05, 3.63) is 35.7 Å². The molecule has 14 heavy (non-hydrogen) atoms. The van der Waals surface area contributed by atoms with Crippen LogP contribution in [0.25, 0.3) is 11.0 Å². The van der Waals surface area contributed by atoms with Crippen molar-refractivity contribution in [2.24, 2.45) is 0 Å². The largest absolute Gasteiger partial charge is 0.282 e. The van der Waals surface area contributed by atoms with Gasteiger partial charge in [-0.1, -0.05) is 12.1 Å². The quantitative estimate of drug-likeness (QED) is 0.697. The summed E-state index contributed by atoms with van der Waals surface area (Å²) in [4.78, 5) is 7.92. The summed E-state index contributed by atoms with van der Waals surface area (Å²) < 4.78 is 24.9. The molecule has 0 amide bonds. The molecule has 72 valence electrons. The molecule has 0 radical (unpaired) electrons. The van der Waals surface area contributed by atoms with Crippen LogP contribution in [0.4, 0.5) is 8.78 Å². The number of rotatable bonds is 1. The van der Waals surface area contributed by atoms with Gasteiger partial charge in [0.05, 0.1) is 16.7 Å². The highest BCUT2D eigenvalue weighted by atomic mass is 19.3. The van der Waals surface area contributed by atoms with Crippen molar-refractivity contribution in [1.29, 1.82) is 0 Å². The first-order chi connectivity index (χ1) is 6.68. The summed E-state index contributed by atoms with van der Waals surface area (Å²) >= 11 is 0. The Hall–Kier alpha value is -1.58. The smallest absolute Gasteiger partial charge is 0.249 e. The van der Waals surface area contributed by atoms with Crippen molar-refractivity contribution in [2.75, 3.05) is 0 Å². The summed E-state index contributed by atoms with van der Waals surface area (Å²) in [6, 6.07) is 6.98. The number of hydrogen-bond donors (Lipinski definition) is 0. The van der Waals surface area contributed by atoms with Gasteiger partial charge in [-0.2, -0.15) is 0 Å². The fourth-order valence-corrected chi connectivity index (χ4v) is 1.31. The minimum absolute atomic E-state index is 0.233. The van der Waals surface area contributed by atoms with E-state index < -0.39 is 6.43 Å². The number of benzene rings is 1. The van der Waals surface area contributed by atoms with E-state index in [0.717, 1.165) is 0 Å². The van der Waals surface area contributed by atoms with E-state index in [2.05, 4.69) is 9.97 Å². The van der Waals surface area contributed by atoms with Crippen molar-refractivity contribution in [2.45, 2.75) is 13.3 Å². The minimum atomic E-state index is -2.56. The van der Waals surface area contributed by atoms with E-state index in [1.54, 1.807) is 31.2 Å². The van der Waals surface area contributed by atoms with Crippen LogP contribution >= 0.6 is 0 Å². The average Bonchev–Trinajstić information content (AvgIpc) is 2.16. The van der Waals surface area contributed by atoms with Crippen LogP contribution in [0.5, 0.6) is 0 Å². The Kier molecular flexibility index (Phi) is 2.11. The van der Waals surface area contributed by atoms with Gasteiger partial charge in [-0.15, -0.1) is 0 Å². The third kappa shape index (κ3) is 1.43. The lowest BCUT2D eigenvalue weighted by Gasteiger charge is -2.04. The normalized spacial score (nSPS) is 11.1. The van der Waals surface area contributed by atoms with Crippen LogP contribution in [0.2, 0.25) is 0 Å². The van der Waals surface area contributed by atoms with Gasteiger partial charge >= 0.3 is 0 Å². The van der Waals surface area contributed by atoms with E-state index in [1.165, 1.54) is 0 Å². The number of hydrogen-bond acceptors (Lipinski definition) is 2. The Balaban J connectivity index is 2.71. The highest BCUT2D eigenvalue weighted by molar-refractivity contribution is 5.74. The van der Waals surface area contributed by atoms with Crippen LogP contribution < -0.4 is 0 Å². The lowest BCUT2D eigenvalue weighted by atomic mass is 10.2. The Morgan fingerprint density at radius 1 is 1.07 bits per heavy atom. The van der Waals surface area contributed by atoms with E-state index in [9.17, 15) is 8.78 Å². The fraction of sp³-hybridized carbons (Fsp3) is 0.200. The molecule has 0 fully saturated rings. The molecule has 2 rings (SSSR count). The summed E-state index contributed by atoms with van der Waals surface area (Å²) in [7, 11) is 0. The highest BCUT2D eigenvalue weighted by Crippen LogP contribution is 2.21. The molecule has 0 N–H and O–H groups in total. The maximum Gasteiger partial charge on any atom is 0.282 e. The van der Waals surface area contributed by atoms with E-state index in [4.69, 9.17) is 0 Å². The van der Waals surface area contributed by atoms with E-state index >= 15 is 0 Å². The summed E-state index contributed by atoms with van der Waals surface area (Å²) in [5.41, 5.74) is 1.21. The van der Waals surface area contributed by atoms with E-state index in [1.807, 2.05) is 0 Å². The molecule has 0 unspecified atom stereocenters. The molecular formula is C10H8F2N2. The van der Waals surface area contributed by atoms with Crippen molar-refractivity contribution in [1.82, 2.24) is 9.97 Å². The second-order valence-corrected chi connectivity index (χ2v) is 2.98. The van der Waals surface area contributed by atoms with Crippen molar-refractivity contribution in [3.63, 3.8) is 0 Å². The predicted octanol–water partition coefficient (Wildman–Crippen LogP) is 2.88. The Bertz CT molecular complexity index is 469. The maximum atomic E-state index is 12.5. The predicted molar refractivity (Wildman–Crippen MR) is 49.2 cm³/mol. The van der Waals surface area contributed by atoms with Gasteiger partial charge in [0.1, 0.15) is 5.69 Å². The van der Waals surface area contributed by atoms with Gasteiger partial charge in [-0.05, 0) is 19.1 Å². The van der Waals surface area contributed by atoms with Crippen LogP contribution in [0, 0.1) is 6.92 Å². The molecule has 0 atom stereocenters. The molecule has 2 aromatic rings. The number of halogens is 2. The number of fused-ring (bicyclic) bond motifs is 1. The zero-order chi connectivity index (χ0) is 10.1. The molecule has 1 aromatic heterocycles. The van der Waals surface area contributed by atoms with E-state index in [-0.39, 0.29) is 5.69 Å². The molecular weight excluding hydrogens is 186 g/mol. The lowest BCUT2D eigenvalue weighted by molar-refractivity contribution is 0.145. The molecule has 1 heterocycles. The van der Waals surface area contributed by atoms with Gasteiger partial charge in [0.2, 0.25) is 0 Å². The first-order valence-electron chi connectivity index (χ1n) is 4.20. The highest BCUT2D eigenvalue weighted by Gasteiger charge is 2.14. The van der Waals surface area contributed by atoms with Gasteiger partial charge in [-0.25, -0.2) is 18.7 Å². The first-order valence-corrected chi connectivity index (χ1v) is 4.20. The number of aromatic nitrogens is 2. The minimum Gasteiger partial charge on any atom is -0.249 e. The first kappa shape index (κ1) is 8.99.